The van der Waals surface area contributed by atoms with Crippen LogP contribution in [-0.2, 0) is 14.8 Å². The lowest BCUT2D eigenvalue weighted by atomic mass is 10.1. The summed E-state index contributed by atoms with van der Waals surface area (Å²) >= 11 is 5.88. The molecule has 0 fully saturated rings. The zero-order valence-electron chi connectivity index (χ0n) is 17.1. The molecule has 8 heteroatoms. The second kappa shape index (κ2) is 10.1. The Labute approximate surface area is 177 Å². The molecular weight excluding hydrogens is 412 g/mol. The predicted octanol–water partition coefficient (Wildman–Crippen LogP) is 3.94. The molecule has 0 heterocycles. The zero-order valence-corrected chi connectivity index (χ0v) is 18.7. The van der Waals surface area contributed by atoms with Crippen LogP contribution >= 0.6 is 11.6 Å². The number of benzene rings is 2. The lowest BCUT2D eigenvalue weighted by Crippen LogP contribution is -2.31. The average Bonchev–Trinajstić information content (AvgIpc) is 2.68. The Morgan fingerprint density at radius 3 is 2.31 bits per heavy atom. The van der Waals surface area contributed by atoms with Crippen molar-refractivity contribution in [3.63, 3.8) is 0 Å². The first-order chi connectivity index (χ1) is 13.7. The van der Waals surface area contributed by atoms with Gasteiger partial charge in [-0.1, -0.05) is 37.6 Å². The molecule has 0 aliphatic rings. The van der Waals surface area contributed by atoms with Crippen molar-refractivity contribution in [2.24, 2.45) is 0 Å². The van der Waals surface area contributed by atoms with Crippen LogP contribution in [-0.4, -0.2) is 38.3 Å². The van der Waals surface area contributed by atoms with E-state index in [1.165, 1.54) is 10.4 Å². The number of aryl methyl sites for hydroxylation is 1. The van der Waals surface area contributed by atoms with Gasteiger partial charge >= 0.3 is 0 Å². The van der Waals surface area contributed by atoms with Crippen LogP contribution in [0.2, 0.25) is 5.02 Å². The standard InChI is InChI=1S/C21H27ClN2O4S/c1-5-24(6-2)29(26,27)19-11-12-20(15(3)13-19)28-14-21(25)23-16(4)17-7-9-18(22)10-8-17/h7-13,16H,5-6,14H2,1-4H3,(H,23,25). The third-order valence-electron chi connectivity index (χ3n) is 4.60. The monoisotopic (exact) mass is 438 g/mol. The number of amides is 1. The third kappa shape index (κ3) is 5.95. The fraction of sp³-hybridized carbons (Fsp3) is 0.381. The van der Waals surface area contributed by atoms with E-state index in [4.69, 9.17) is 16.3 Å². The van der Waals surface area contributed by atoms with Gasteiger partial charge in [-0.2, -0.15) is 4.31 Å². The Bertz CT molecular complexity index is 942. The maximum atomic E-state index is 12.6. The summed E-state index contributed by atoms with van der Waals surface area (Å²) in [4.78, 5) is 12.4. The summed E-state index contributed by atoms with van der Waals surface area (Å²) in [6.07, 6.45) is 0. The highest BCUT2D eigenvalue weighted by molar-refractivity contribution is 7.89. The van der Waals surface area contributed by atoms with Crippen molar-refractivity contribution in [1.82, 2.24) is 9.62 Å². The van der Waals surface area contributed by atoms with Crippen LogP contribution in [0.1, 0.15) is 37.9 Å². The molecule has 2 rings (SSSR count). The molecule has 0 saturated heterocycles. The van der Waals surface area contributed by atoms with Crippen molar-refractivity contribution in [1.29, 1.82) is 0 Å². The number of nitrogens with one attached hydrogen (secondary N) is 1. The number of rotatable bonds is 9. The van der Waals surface area contributed by atoms with Gasteiger partial charge in [0.05, 0.1) is 10.9 Å². The molecule has 1 N–H and O–H groups in total. The van der Waals surface area contributed by atoms with Crippen LogP contribution in [0.15, 0.2) is 47.4 Å². The van der Waals surface area contributed by atoms with E-state index in [9.17, 15) is 13.2 Å². The number of carbonyl (C=O) groups excluding carboxylic acids is 1. The van der Waals surface area contributed by atoms with E-state index >= 15 is 0 Å². The number of carbonyl (C=O) groups is 1. The molecule has 1 atom stereocenters. The molecule has 2 aromatic carbocycles. The average molecular weight is 439 g/mol. The van der Waals surface area contributed by atoms with Gasteiger partial charge in [0.1, 0.15) is 5.75 Å². The lowest BCUT2D eigenvalue weighted by molar-refractivity contribution is -0.123. The summed E-state index contributed by atoms with van der Waals surface area (Å²) in [5.41, 5.74) is 1.58. The van der Waals surface area contributed by atoms with Crippen LogP contribution in [0.4, 0.5) is 0 Å². The number of sulfonamides is 1. The second-order valence-electron chi connectivity index (χ2n) is 6.65. The minimum absolute atomic E-state index is 0.166. The molecule has 0 aromatic heterocycles. The van der Waals surface area contributed by atoms with Gasteiger partial charge in [-0.3, -0.25) is 4.79 Å². The predicted molar refractivity (Wildman–Crippen MR) is 115 cm³/mol. The van der Waals surface area contributed by atoms with Crippen LogP contribution in [0, 0.1) is 6.92 Å². The molecular formula is C21H27ClN2O4S. The smallest absolute Gasteiger partial charge is 0.258 e. The van der Waals surface area contributed by atoms with Gasteiger partial charge in [-0.25, -0.2) is 8.42 Å². The lowest BCUT2D eigenvalue weighted by Gasteiger charge is -2.19. The minimum atomic E-state index is -3.53. The normalized spacial score (nSPS) is 12.6. The highest BCUT2D eigenvalue weighted by atomic mass is 35.5. The summed E-state index contributed by atoms with van der Waals surface area (Å²) in [6, 6.07) is 11.7. The van der Waals surface area contributed by atoms with Gasteiger partial charge in [0.2, 0.25) is 10.0 Å². The Kier molecular flexibility index (Phi) is 8.07. The molecule has 1 unspecified atom stereocenters. The molecule has 0 radical (unpaired) electrons. The van der Waals surface area contributed by atoms with Crippen molar-refractivity contribution >= 4 is 27.5 Å². The van der Waals surface area contributed by atoms with Gasteiger partial charge < -0.3 is 10.1 Å². The summed E-state index contributed by atoms with van der Waals surface area (Å²) in [5.74, 6) is 0.199. The molecule has 0 bridgehead atoms. The second-order valence-corrected chi connectivity index (χ2v) is 9.02. The number of hydrogen-bond acceptors (Lipinski definition) is 4. The summed E-state index contributed by atoms with van der Waals surface area (Å²) in [7, 11) is -3.53. The number of nitrogens with zero attached hydrogens (tertiary/aromatic N) is 1. The quantitative estimate of drug-likeness (QED) is 0.643. The first kappa shape index (κ1) is 23.2. The van der Waals surface area contributed by atoms with E-state index in [-0.39, 0.29) is 23.5 Å². The number of hydrogen-bond donors (Lipinski definition) is 1. The van der Waals surface area contributed by atoms with Crippen molar-refractivity contribution < 1.29 is 17.9 Å². The fourth-order valence-corrected chi connectivity index (χ4v) is 4.59. The van der Waals surface area contributed by atoms with Crippen LogP contribution in [0.5, 0.6) is 5.75 Å². The van der Waals surface area contributed by atoms with E-state index in [0.717, 1.165) is 5.56 Å². The molecule has 0 aliphatic heterocycles. The molecule has 2 aromatic rings. The topological polar surface area (TPSA) is 75.7 Å². The van der Waals surface area contributed by atoms with Gasteiger partial charge in [0.25, 0.3) is 5.91 Å². The molecule has 0 spiro atoms. The van der Waals surface area contributed by atoms with Crippen molar-refractivity contribution in [3.05, 3.63) is 58.6 Å². The zero-order chi connectivity index (χ0) is 21.6. The maximum absolute atomic E-state index is 12.6. The molecule has 158 valence electrons. The summed E-state index contributed by atoms with van der Waals surface area (Å²) < 4.78 is 32.2. The van der Waals surface area contributed by atoms with E-state index in [1.54, 1.807) is 45.0 Å². The van der Waals surface area contributed by atoms with E-state index < -0.39 is 10.0 Å². The van der Waals surface area contributed by atoms with Gasteiger partial charge in [-0.15, -0.1) is 0 Å². The Balaban J connectivity index is 2.00. The molecule has 29 heavy (non-hydrogen) atoms. The molecule has 6 nitrogen and oxygen atoms in total. The highest BCUT2D eigenvalue weighted by Gasteiger charge is 2.22. The highest BCUT2D eigenvalue weighted by Crippen LogP contribution is 2.24. The van der Waals surface area contributed by atoms with E-state index in [0.29, 0.717) is 29.4 Å². The first-order valence-electron chi connectivity index (χ1n) is 9.47. The van der Waals surface area contributed by atoms with Crippen molar-refractivity contribution in [2.75, 3.05) is 19.7 Å². The van der Waals surface area contributed by atoms with Crippen LogP contribution in [0.25, 0.3) is 0 Å². The third-order valence-corrected chi connectivity index (χ3v) is 6.89. The molecule has 0 saturated carbocycles. The molecule has 1 amide bonds. The minimum Gasteiger partial charge on any atom is -0.484 e. The van der Waals surface area contributed by atoms with Crippen LogP contribution < -0.4 is 10.1 Å². The maximum Gasteiger partial charge on any atom is 0.258 e. The summed E-state index contributed by atoms with van der Waals surface area (Å²) in [5, 5.41) is 3.50. The SMILES string of the molecule is CCN(CC)S(=O)(=O)c1ccc(OCC(=O)NC(C)c2ccc(Cl)cc2)c(C)c1. The Morgan fingerprint density at radius 1 is 1.14 bits per heavy atom. The Morgan fingerprint density at radius 2 is 1.76 bits per heavy atom. The Hall–Kier alpha value is -2.09. The number of halogens is 1. The number of ether oxygens (including phenoxy) is 1. The van der Waals surface area contributed by atoms with Gasteiger partial charge in [0.15, 0.2) is 6.61 Å². The fourth-order valence-electron chi connectivity index (χ4n) is 2.92. The van der Waals surface area contributed by atoms with Crippen LogP contribution in [0.3, 0.4) is 0 Å². The van der Waals surface area contributed by atoms with Crippen molar-refractivity contribution in [2.45, 2.75) is 38.6 Å². The van der Waals surface area contributed by atoms with Gasteiger partial charge in [-0.05, 0) is 55.3 Å². The van der Waals surface area contributed by atoms with Crippen molar-refractivity contribution in [3.8, 4) is 5.75 Å². The van der Waals surface area contributed by atoms with E-state index in [1.807, 2.05) is 19.1 Å². The first-order valence-corrected chi connectivity index (χ1v) is 11.3. The largest absolute Gasteiger partial charge is 0.484 e. The van der Waals surface area contributed by atoms with Gasteiger partial charge in [0, 0.05) is 18.1 Å². The molecule has 0 aliphatic carbocycles. The van der Waals surface area contributed by atoms with E-state index in [2.05, 4.69) is 5.32 Å². The summed E-state index contributed by atoms with van der Waals surface area (Å²) in [6.45, 7) is 7.87.